The molecule has 2 aromatic rings. The molecule has 164 valence electrons. The topological polar surface area (TPSA) is 45.1 Å². The second kappa shape index (κ2) is 9.23. The Balaban J connectivity index is 1.63. The third-order valence-corrected chi connectivity index (χ3v) is 6.58. The first-order valence-corrected chi connectivity index (χ1v) is 11.3. The SMILES string of the molecule is COc1cccc([C@@H]2CC(c3cc(C)ccc3C)=NN2C(=O)CN2CCC(C)CC2)c1. The van der Waals surface area contributed by atoms with E-state index in [1.807, 2.05) is 18.2 Å². The van der Waals surface area contributed by atoms with Crippen LogP contribution in [-0.4, -0.2) is 48.3 Å². The summed E-state index contributed by atoms with van der Waals surface area (Å²) in [7, 11) is 1.67. The minimum absolute atomic E-state index is 0.0719. The lowest BCUT2D eigenvalue weighted by atomic mass is 9.95. The molecule has 0 aliphatic carbocycles. The quantitative estimate of drug-likeness (QED) is 0.704. The first-order chi connectivity index (χ1) is 14.9. The van der Waals surface area contributed by atoms with Crippen LogP contribution in [0.15, 0.2) is 47.6 Å². The van der Waals surface area contributed by atoms with Gasteiger partial charge in [0.25, 0.3) is 5.91 Å². The number of hydrogen-bond donors (Lipinski definition) is 0. The number of hydrogen-bond acceptors (Lipinski definition) is 4. The van der Waals surface area contributed by atoms with Gasteiger partial charge in [0.1, 0.15) is 5.75 Å². The lowest BCUT2D eigenvalue weighted by Gasteiger charge is -2.31. The van der Waals surface area contributed by atoms with E-state index < -0.39 is 0 Å². The third kappa shape index (κ3) is 4.82. The largest absolute Gasteiger partial charge is 0.497 e. The molecule has 5 heteroatoms. The van der Waals surface area contributed by atoms with Crippen molar-refractivity contribution in [3.63, 3.8) is 0 Å². The third-order valence-electron chi connectivity index (χ3n) is 6.58. The van der Waals surface area contributed by atoms with Crippen molar-refractivity contribution in [3.8, 4) is 5.75 Å². The molecule has 5 nitrogen and oxygen atoms in total. The Morgan fingerprint density at radius 2 is 1.90 bits per heavy atom. The monoisotopic (exact) mass is 419 g/mol. The summed E-state index contributed by atoms with van der Waals surface area (Å²) < 4.78 is 5.44. The molecule has 4 rings (SSSR count). The van der Waals surface area contributed by atoms with Gasteiger partial charge in [-0.05, 0) is 75.0 Å². The molecule has 0 bridgehead atoms. The van der Waals surface area contributed by atoms with Gasteiger partial charge in [-0.2, -0.15) is 5.10 Å². The van der Waals surface area contributed by atoms with Gasteiger partial charge in [-0.3, -0.25) is 9.69 Å². The van der Waals surface area contributed by atoms with E-state index in [-0.39, 0.29) is 11.9 Å². The van der Waals surface area contributed by atoms with E-state index in [1.165, 1.54) is 11.1 Å². The lowest BCUT2D eigenvalue weighted by molar-refractivity contribution is -0.134. The number of ether oxygens (including phenoxy) is 1. The van der Waals surface area contributed by atoms with Gasteiger partial charge < -0.3 is 4.74 Å². The zero-order valence-corrected chi connectivity index (χ0v) is 19.1. The molecule has 2 aromatic carbocycles. The summed E-state index contributed by atoms with van der Waals surface area (Å²) in [5.74, 6) is 1.62. The van der Waals surface area contributed by atoms with E-state index in [9.17, 15) is 4.79 Å². The fraction of sp³-hybridized carbons (Fsp3) is 0.462. The smallest absolute Gasteiger partial charge is 0.257 e. The fourth-order valence-corrected chi connectivity index (χ4v) is 4.54. The Bertz CT molecular complexity index is 976. The van der Waals surface area contributed by atoms with Crippen molar-refractivity contribution in [3.05, 3.63) is 64.7 Å². The number of hydrazone groups is 1. The van der Waals surface area contributed by atoms with Crippen LogP contribution in [0.2, 0.25) is 0 Å². The molecule has 1 saturated heterocycles. The fourth-order valence-electron chi connectivity index (χ4n) is 4.54. The Morgan fingerprint density at radius 3 is 2.65 bits per heavy atom. The molecular weight excluding hydrogens is 386 g/mol. The van der Waals surface area contributed by atoms with Crippen LogP contribution in [0.4, 0.5) is 0 Å². The first-order valence-electron chi connectivity index (χ1n) is 11.3. The maximum Gasteiger partial charge on any atom is 0.257 e. The van der Waals surface area contributed by atoms with Gasteiger partial charge in [0.15, 0.2) is 0 Å². The number of likely N-dealkylation sites (tertiary alicyclic amines) is 1. The number of rotatable bonds is 5. The van der Waals surface area contributed by atoms with E-state index >= 15 is 0 Å². The predicted molar refractivity (Wildman–Crippen MR) is 124 cm³/mol. The average molecular weight is 420 g/mol. The number of carbonyl (C=O) groups excluding carboxylic acids is 1. The number of nitrogens with zero attached hydrogens (tertiary/aromatic N) is 3. The van der Waals surface area contributed by atoms with Gasteiger partial charge in [0, 0.05) is 12.0 Å². The van der Waals surface area contributed by atoms with Crippen molar-refractivity contribution in [1.82, 2.24) is 9.91 Å². The summed E-state index contributed by atoms with van der Waals surface area (Å²) in [6.07, 6.45) is 3.02. The van der Waals surface area contributed by atoms with Crippen molar-refractivity contribution in [1.29, 1.82) is 0 Å². The minimum Gasteiger partial charge on any atom is -0.497 e. The molecule has 0 saturated carbocycles. The molecule has 0 aromatic heterocycles. The van der Waals surface area contributed by atoms with E-state index in [0.29, 0.717) is 13.0 Å². The van der Waals surface area contributed by atoms with Crippen LogP contribution in [0.5, 0.6) is 5.75 Å². The van der Waals surface area contributed by atoms with Crippen LogP contribution in [-0.2, 0) is 4.79 Å². The molecule has 0 spiro atoms. The van der Waals surface area contributed by atoms with Crippen molar-refractivity contribution in [2.24, 2.45) is 11.0 Å². The summed E-state index contributed by atoms with van der Waals surface area (Å²) in [4.78, 5) is 15.7. The van der Waals surface area contributed by atoms with Crippen LogP contribution in [0, 0.1) is 19.8 Å². The van der Waals surface area contributed by atoms with Crippen LogP contribution in [0.3, 0.4) is 0 Å². The Kier molecular flexibility index (Phi) is 6.42. The predicted octanol–water partition coefficient (Wildman–Crippen LogP) is 4.72. The van der Waals surface area contributed by atoms with E-state index in [0.717, 1.165) is 54.4 Å². The second-order valence-electron chi connectivity index (χ2n) is 9.06. The van der Waals surface area contributed by atoms with Gasteiger partial charge in [0.05, 0.1) is 25.4 Å². The standard InChI is InChI=1S/C26H33N3O2/c1-18-10-12-28(13-11-18)17-26(30)29-25(21-6-5-7-22(15-21)31-4)16-24(27-29)23-14-19(2)8-9-20(23)3/h5-9,14-15,18,25H,10-13,16-17H2,1-4H3/t25-/m0/s1. The van der Waals surface area contributed by atoms with Gasteiger partial charge in [0.2, 0.25) is 0 Å². The summed E-state index contributed by atoms with van der Waals surface area (Å²) in [5, 5.41) is 6.61. The van der Waals surface area contributed by atoms with E-state index in [2.05, 4.69) is 49.9 Å². The molecule has 0 N–H and O–H groups in total. The number of carbonyl (C=O) groups is 1. The highest BCUT2D eigenvalue weighted by atomic mass is 16.5. The van der Waals surface area contributed by atoms with Crippen LogP contribution < -0.4 is 4.74 Å². The maximum atomic E-state index is 13.4. The summed E-state index contributed by atoms with van der Waals surface area (Å²) >= 11 is 0. The molecule has 0 radical (unpaired) electrons. The van der Waals surface area contributed by atoms with Gasteiger partial charge >= 0.3 is 0 Å². The highest BCUT2D eigenvalue weighted by Crippen LogP contribution is 2.35. The Morgan fingerprint density at radius 1 is 1.13 bits per heavy atom. The van der Waals surface area contributed by atoms with Crippen molar-refractivity contribution < 1.29 is 9.53 Å². The van der Waals surface area contributed by atoms with Crippen LogP contribution in [0.1, 0.15) is 54.5 Å². The van der Waals surface area contributed by atoms with Gasteiger partial charge in [-0.25, -0.2) is 5.01 Å². The summed E-state index contributed by atoms with van der Waals surface area (Å²) in [6, 6.07) is 14.3. The molecule has 2 aliphatic heterocycles. The zero-order valence-electron chi connectivity index (χ0n) is 19.1. The maximum absolute atomic E-state index is 13.4. The summed E-state index contributed by atoms with van der Waals surface area (Å²) in [6.45, 7) is 8.89. The molecule has 2 aliphatic rings. The number of methoxy groups -OCH3 is 1. The number of amides is 1. The molecule has 1 amide bonds. The van der Waals surface area contributed by atoms with Gasteiger partial charge in [-0.15, -0.1) is 0 Å². The van der Waals surface area contributed by atoms with E-state index in [4.69, 9.17) is 9.84 Å². The molecule has 31 heavy (non-hydrogen) atoms. The number of piperidine rings is 1. The van der Waals surface area contributed by atoms with Gasteiger partial charge in [-0.1, -0.05) is 36.8 Å². The summed E-state index contributed by atoms with van der Waals surface area (Å²) in [5.41, 5.74) is 5.56. The zero-order chi connectivity index (χ0) is 22.0. The average Bonchev–Trinajstić information content (AvgIpc) is 3.22. The molecular formula is C26H33N3O2. The molecule has 1 atom stereocenters. The number of aryl methyl sites for hydroxylation is 2. The first kappa shape index (κ1) is 21.6. The second-order valence-corrected chi connectivity index (χ2v) is 9.06. The lowest BCUT2D eigenvalue weighted by Crippen LogP contribution is -2.41. The minimum atomic E-state index is -0.110. The molecule has 2 heterocycles. The van der Waals surface area contributed by atoms with Crippen molar-refractivity contribution in [2.45, 2.75) is 46.1 Å². The normalized spacial score (nSPS) is 20.1. The highest BCUT2D eigenvalue weighted by Gasteiger charge is 2.34. The van der Waals surface area contributed by atoms with E-state index in [1.54, 1.807) is 12.1 Å². The molecule has 0 unspecified atom stereocenters. The Hall–Kier alpha value is -2.66. The Labute approximate surface area is 185 Å². The van der Waals surface area contributed by atoms with Crippen LogP contribution in [0.25, 0.3) is 0 Å². The van der Waals surface area contributed by atoms with Crippen molar-refractivity contribution >= 4 is 11.6 Å². The number of benzene rings is 2. The van der Waals surface area contributed by atoms with Crippen LogP contribution >= 0.6 is 0 Å². The highest BCUT2D eigenvalue weighted by molar-refractivity contribution is 6.04. The van der Waals surface area contributed by atoms with Crippen molar-refractivity contribution in [2.75, 3.05) is 26.7 Å². The molecule has 1 fully saturated rings.